The van der Waals surface area contributed by atoms with E-state index in [4.69, 9.17) is 4.74 Å². The van der Waals surface area contributed by atoms with Crippen LogP contribution in [0.2, 0.25) is 0 Å². The molecule has 0 aliphatic rings. The van der Waals surface area contributed by atoms with Gasteiger partial charge >= 0.3 is 5.97 Å². The van der Waals surface area contributed by atoms with Crippen LogP contribution in [0, 0.1) is 0 Å². The first kappa shape index (κ1) is 52.3. The van der Waals surface area contributed by atoms with Crippen LogP contribution in [0.1, 0.15) is 245 Å². The summed E-state index contributed by atoms with van der Waals surface area (Å²) in [6.07, 6.45) is 50.2. The van der Waals surface area contributed by atoms with Crippen molar-refractivity contribution >= 4 is 11.9 Å². The van der Waals surface area contributed by atoms with Crippen molar-refractivity contribution < 1.29 is 24.5 Å². The first-order valence-electron chi connectivity index (χ1n) is 23.6. The molecule has 0 aliphatic heterocycles. The van der Waals surface area contributed by atoms with E-state index in [1.54, 1.807) is 6.08 Å². The number of unbranched alkanes of at least 4 members (excludes halogenated alkanes) is 30. The van der Waals surface area contributed by atoms with Crippen molar-refractivity contribution in [3.8, 4) is 0 Å². The van der Waals surface area contributed by atoms with E-state index in [-0.39, 0.29) is 18.5 Å². The van der Waals surface area contributed by atoms with E-state index >= 15 is 0 Å². The Balaban J connectivity index is 3.56. The molecular weight excluding hydrogens is 671 g/mol. The van der Waals surface area contributed by atoms with Gasteiger partial charge in [0.1, 0.15) is 0 Å². The first-order chi connectivity index (χ1) is 26.5. The van der Waals surface area contributed by atoms with E-state index < -0.39 is 12.1 Å². The Morgan fingerprint density at radius 2 is 0.889 bits per heavy atom. The molecule has 1 amide bonds. The second kappa shape index (κ2) is 44.1. The molecule has 2 unspecified atom stereocenters. The van der Waals surface area contributed by atoms with Crippen LogP contribution in [-0.2, 0) is 14.3 Å². The summed E-state index contributed by atoms with van der Waals surface area (Å²) in [6, 6.07) is -0.647. The fourth-order valence-electron chi connectivity index (χ4n) is 7.02. The van der Waals surface area contributed by atoms with E-state index in [0.29, 0.717) is 19.4 Å². The molecule has 0 spiro atoms. The molecule has 0 aromatic heterocycles. The fraction of sp³-hybridized carbons (Fsp3) is 0.875. The van der Waals surface area contributed by atoms with Crippen molar-refractivity contribution in [1.29, 1.82) is 0 Å². The number of hydrogen-bond acceptors (Lipinski definition) is 5. The average Bonchev–Trinajstić information content (AvgIpc) is 3.17. The third-order valence-corrected chi connectivity index (χ3v) is 10.7. The molecule has 54 heavy (non-hydrogen) atoms. The Kier molecular flexibility index (Phi) is 42.7. The number of carbonyl (C=O) groups is 2. The normalized spacial score (nSPS) is 12.9. The van der Waals surface area contributed by atoms with E-state index in [2.05, 4.69) is 31.3 Å². The molecule has 6 heteroatoms. The highest BCUT2D eigenvalue weighted by atomic mass is 16.5. The summed E-state index contributed by atoms with van der Waals surface area (Å²) in [5, 5.41) is 23.0. The minimum atomic E-state index is -0.861. The number of nitrogens with one attached hydrogen (secondary N) is 1. The molecule has 318 valence electrons. The van der Waals surface area contributed by atoms with Gasteiger partial charge in [-0.3, -0.25) is 9.59 Å². The number of rotatable bonds is 43. The Bertz CT molecular complexity index is 843. The van der Waals surface area contributed by atoms with Crippen molar-refractivity contribution in [3.63, 3.8) is 0 Å². The molecule has 0 rings (SSSR count). The lowest BCUT2D eigenvalue weighted by Crippen LogP contribution is -2.45. The Morgan fingerprint density at radius 1 is 0.500 bits per heavy atom. The zero-order valence-electron chi connectivity index (χ0n) is 36.0. The van der Waals surface area contributed by atoms with Crippen LogP contribution in [-0.4, -0.2) is 47.4 Å². The van der Waals surface area contributed by atoms with Crippen LogP contribution in [0.5, 0.6) is 0 Å². The molecule has 0 saturated carbocycles. The second-order valence-corrected chi connectivity index (χ2v) is 16.1. The van der Waals surface area contributed by atoms with Crippen LogP contribution in [0.15, 0.2) is 24.3 Å². The molecule has 0 aromatic rings. The predicted molar refractivity (Wildman–Crippen MR) is 232 cm³/mol. The lowest BCUT2D eigenvalue weighted by atomic mass is 10.0. The SMILES string of the molecule is CCCC/C=C\CCCCCCCC(=O)OCCCCCCCCCCCC(=O)NC(CO)C(O)/C=C/CCCCCCCCCCCCCCCCC. The lowest BCUT2D eigenvalue weighted by Gasteiger charge is -2.20. The van der Waals surface area contributed by atoms with Crippen molar-refractivity contribution in [2.45, 2.75) is 257 Å². The Labute approximate surface area is 335 Å². The molecule has 0 bridgehead atoms. The predicted octanol–water partition coefficient (Wildman–Crippen LogP) is 13.6. The zero-order chi connectivity index (χ0) is 39.4. The number of aliphatic hydroxyl groups is 2. The zero-order valence-corrected chi connectivity index (χ0v) is 36.0. The quantitative estimate of drug-likeness (QED) is 0.0327. The lowest BCUT2D eigenvalue weighted by molar-refractivity contribution is -0.143. The second-order valence-electron chi connectivity index (χ2n) is 16.1. The van der Waals surface area contributed by atoms with Crippen molar-refractivity contribution in [2.75, 3.05) is 13.2 Å². The van der Waals surface area contributed by atoms with Gasteiger partial charge in [0.05, 0.1) is 25.4 Å². The van der Waals surface area contributed by atoms with Crippen molar-refractivity contribution in [2.24, 2.45) is 0 Å². The van der Waals surface area contributed by atoms with Crippen LogP contribution >= 0.6 is 0 Å². The van der Waals surface area contributed by atoms with Crippen LogP contribution in [0.25, 0.3) is 0 Å². The third kappa shape index (κ3) is 40.0. The monoisotopic (exact) mass is 762 g/mol. The van der Waals surface area contributed by atoms with Gasteiger partial charge in [0, 0.05) is 12.8 Å². The summed E-state index contributed by atoms with van der Waals surface area (Å²) in [4.78, 5) is 24.4. The Hall–Kier alpha value is -1.66. The molecule has 0 aliphatic carbocycles. The van der Waals surface area contributed by atoms with Crippen LogP contribution in [0.3, 0.4) is 0 Å². The van der Waals surface area contributed by atoms with E-state index in [0.717, 1.165) is 57.8 Å². The number of carbonyl (C=O) groups excluding carboxylic acids is 2. The van der Waals surface area contributed by atoms with Crippen LogP contribution in [0.4, 0.5) is 0 Å². The number of ether oxygens (including phenoxy) is 1. The third-order valence-electron chi connectivity index (χ3n) is 10.7. The minimum absolute atomic E-state index is 0.0387. The van der Waals surface area contributed by atoms with E-state index in [1.165, 1.54) is 161 Å². The van der Waals surface area contributed by atoms with Gasteiger partial charge < -0.3 is 20.3 Å². The molecule has 0 radical (unpaired) electrons. The first-order valence-corrected chi connectivity index (χ1v) is 23.6. The van der Waals surface area contributed by atoms with Gasteiger partial charge in [-0.2, -0.15) is 0 Å². The maximum atomic E-state index is 12.4. The van der Waals surface area contributed by atoms with Gasteiger partial charge in [0.2, 0.25) is 5.91 Å². The highest BCUT2D eigenvalue weighted by molar-refractivity contribution is 5.76. The summed E-state index contributed by atoms with van der Waals surface area (Å²) in [6.45, 7) is 4.79. The highest BCUT2D eigenvalue weighted by Crippen LogP contribution is 2.15. The summed E-state index contributed by atoms with van der Waals surface area (Å²) >= 11 is 0. The number of hydrogen-bond donors (Lipinski definition) is 3. The van der Waals surface area contributed by atoms with Crippen molar-refractivity contribution in [1.82, 2.24) is 5.32 Å². The minimum Gasteiger partial charge on any atom is -0.466 e. The van der Waals surface area contributed by atoms with Gasteiger partial charge in [-0.1, -0.05) is 205 Å². The summed E-state index contributed by atoms with van der Waals surface area (Å²) in [7, 11) is 0. The van der Waals surface area contributed by atoms with Gasteiger partial charge in [0.15, 0.2) is 0 Å². The van der Waals surface area contributed by atoms with Crippen molar-refractivity contribution in [3.05, 3.63) is 24.3 Å². The van der Waals surface area contributed by atoms with Crippen LogP contribution < -0.4 is 5.32 Å². The average molecular weight is 762 g/mol. The highest BCUT2D eigenvalue weighted by Gasteiger charge is 2.18. The number of esters is 1. The molecule has 0 aromatic carbocycles. The molecule has 6 nitrogen and oxygen atoms in total. The molecule has 0 saturated heterocycles. The largest absolute Gasteiger partial charge is 0.466 e. The standard InChI is InChI=1S/C48H91NO5/c1-3-5-7-9-11-13-15-16-17-18-19-20-22-24-28-32-36-40-46(51)45(44-50)49-47(52)41-37-33-29-25-23-27-31-35-39-43-54-48(53)42-38-34-30-26-21-14-12-10-8-6-4-2/h10,12,36,40,45-46,50-51H,3-9,11,13-35,37-39,41-44H2,1-2H3,(H,49,52)/b12-10-,40-36+. The molecular formula is C48H91NO5. The molecule has 2 atom stereocenters. The fourth-order valence-corrected chi connectivity index (χ4v) is 7.02. The topological polar surface area (TPSA) is 95.9 Å². The smallest absolute Gasteiger partial charge is 0.305 e. The summed E-state index contributed by atoms with van der Waals surface area (Å²) in [5.41, 5.74) is 0. The number of amides is 1. The maximum Gasteiger partial charge on any atom is 0.305 e. The maximum absolute atomic E-state index is 12.4. The number of aliphatic hydroxyl groups excluding tert-OH is 2. The van der Waals surface area contributed by atoms with E-state index in [9.17, 15) is 19.8 Å². The molecule has 3 N–H and O–H groups in total. The van der Waals surface area contributed by atoms with Gasteiger partial charge in [0.25, 0.3) is 0 Å². The van der Waals surface area contributed by atoms with E-state index in [1.807, 2.05) is 6.08 Å². The van der Waals surface area contributed by atoms with Gasteiger partial charge in [-0.25, -0.2) is 0 Å². The van der Waals surface area contributed by atoms with Gasteiger partial charge in [-0.05, 0) is 51.4 Å². The molecule has 0 fully saturated rings. The summed E-state index contributed by atoms with van der Waals surface area (Å²) in [5.74, 6) is -0.135. The number of allylic oxidation sites excluding steroid dienone is 3. The Morgan fingerprint density at radius 3 is 1.37 bits per heavy atom. The summed E-state index contributed by atoms with van der Waals surface area (Å²) < 4.78 is 5.42. The molecule has 0 heterocycles. The van der Waals surface area contributed by atoms with Gasteiger partial charge in [-0.15, -0.1) is 0 Å².